The highest BCUT2D eigenvalue weighted by Gasteiger charge is 2.47. The number of ether oxygens (including phenoxy) is 1. The molecule has 1 aliphatic heterocycles. The molecule has 0 aromatic heterocycles. The second-order valence-corrected chi connectivity index (χ2v) is 8.64. The van der Waals surface area contributed by atoms with E-state index in [2.05, 4.69) is 0 Å². The molecule has 1 heterocycles. The van der Waals surface area contributed by atoms with Crippen molar-refractivity contribution in [2.24, 2.45) is 0 Å². The lowest BCUT2D eigenvalue weighted by atomic mass is 9.94. The number of rotatable bonds is 4. The van der Waals surface area contributed by atoms with Gasteiger partial charge in [-0.05, 0) is 85.5 Å². The van der Waals surface area contributed by atoms with Gasteiger partial charge in [0.15, 0.2) is 0 Å². The zero-order chi connectivity index (χ0) is 25.4. The molecule has 35 heavy (non-hydrogen) atoms. The zero-order valence-electron chi connectivity index (χ0n) is 19.8. The van der Waals surface area contributed by atoms with Gasteiger partial charge in [-0.2, -0.15) is 0 Å². The van der Waals surface area contributed by atoms with E-state index in [1.165, 1.54) is 30.0 Å². The number of anilines is 1. The Morgan fingerprint density at radius 2 is 1.57 bits per heavy atom. The number of ketones is 1. The molecule has 1 saturated heterocycles. The third kappa shape index (κ3) is 4.57. The lowest BCUT2D eigenvalue weighted by Gasteiger charge is -2.26. The number of Topliss-reactive ketones (excluding diaryl/α,β-unsaturated/α-hetero) is 1. The molecule has 1 aliphatic rings. The molecule has 1 amide bonds. The van der Waals surface area contributed by atoms with E-state index in [1.54, 1.807) is 43.3 Å². The van der Waals surface area contributed by atoms with Gasteiger partial charge in [-0.25, -0.2) is 4.39 Å². The molecule has 1 atom stereocenters. The van der Waals surface area contributed by atoms with Gasteiger partial charge in [0.25, 0.3) is 11.7 Å². The van der Waals surface area contributed by atoms with E-state index in [0.717, 1.165) is 11.1 Å². The third-order valence-electron chi connectivity index (χ3n) is 5.82. The average Bonchev–Trinajstić information content (AvgIpc) is 3.05. The first-order valence-electron chi connectivity index (χ1n) is 11.0. The van der Waals surface area contributed by atoms with Gasteiger partial charge in [0.2, 0.25) is 0 Å². The lowest BCUT2D eigenvalue weighted by Crippen LogP contribution is -2.29. The molecular formula is C28H24FNO5. The van der Waals surface area contributed by atoms with Gasteiger partial charge in [-0.15, -0.1) is 0 Å². The van der Waals surface area contributed by atoms with Crippen LogP contribution in [0.25, 0.3) is 5.76 Å². The largest absolute Gasteiger partial charge is 0.507 e. The molecule has 0 radical (unpaired) electrons. The molecule has 1 N–H and O–H groups in total. The van der Waals surface area contributed by atoms with Crippen LogP contribution in [0.4, 0.5) is 10.1 Å². The number of aliphatic hydroxyl groups excluding tert-OH is 1. The van der Waals surface area contributed by atoms with Gasteiger partial charge < -0.3 is 9.84 Å². The molecule has 6 nitrogen and oxygen atoms in total. The quantitative estimate of drug-likeness (QED) is 0.183. The summed E-state index contributed by atoms with van der Waals surface area (Å²) in [4.78, 5) is 39.2. The Morgan fingerprint density at radius 3 is 2.14 bits per heavy atom. The van der Waals surface area contributed by atoms with E-state index < -0.39 is 35.3 Å². The van der Waals surface area contributed by atoms with Crippen LogP contribution in [0, 0.1) is 26.6 Å². The van der Waals surface area contributed by atoms with Crippen LogP contribution < -0.4 is 9.64 Å². The van der Waals surface area contributed by atoms with Crippen molar-refractivity contribution in [2.75, 3.05) is 4.90 Å². The van der Waals surface area contributed by atoms with Crippen LogP contribution in [0.1, 0.15) is 40.8 Å². The van der Waals surface area contributed by atoms with Crippen molar-refractivity contribution in [2.45, 2.75) is 33.7 Å². The first-order valence-corrected chi connectivity index (χ1v) is 11.0. The standard InChI is InChI=1S/C28H24FNO5/c1-15-11-16(2)13-21(12-15)30-25(19-5-8-22(9-6-19)35-18(4)31)24(27(33)28(30)34)26(32)20-7-10-23(29)17(3)14-20/h5-14,25,32H,1-4H3/b26-24-. The van der Waals surface area contributed by atoms with Crippen LogP contribution in [0.2, 0.25) is 0 Å². The number of hydrogen-bond donors (Lipinski definition) is 1. The fourth-order valence-corrected chi connectivity index (χ4v) is 4.34. The maximum Gasteiger partial charge on any atom is 0.308 e. The summed E-state index contributed by atoms with van der Waals surface area (Å²) >= 11 is 0. The van der Waals surface area contributed by atoms with E-state index in [4.69, 9.17) is 4.74 Å². The fourth-order valence-electron chi connectivity index (χ4n) is 4.34. The van der Waals surface area contributed by atoms with Gasteiger partial charge in [-0.3, -0.25) is 19.3 Å². The Bertz CT molecular complexity index is 1370. The Labute approximate surface area is 202 Å². The third-order valence-corrected chi connectivity index (χ3v) is 5.82. The number of carbonyl (C=O) groups excluding carboxylic acids is 3. The summed E-state index contributed by atoms with van der Waals surface area (Å²) in [6, 6.07) is 15.0. The lowest BCUT2D eigenvalue weighted by molar-refractivity contribution is -0.132. The van der Waals surface area contributed by atoms with Crippen LogP contribution in [-0.2, 0) is 14.4 Å². The molecule has 1 unspecified atom stereocenters. The number of benzene rings is 3. The number of aryl methyl sites for hydroxylation is 3. The van der Waals surface area contributed by atoms with Crippen molar-refractivity contribution >= 4 is 29.1 Å². The Balaban J connectivity index is 1.93. The fraction of sp³-hybridized carbons (Fsp3) is 0.179. The highest BCUT2D eigenvalue weighted by Crippen LogP contribution is 2.43. The Morgan fingerprint density at radius 1 is 0.943 bits per heavy atom. The minimum Gasteiger partial charge on any atom is -0.507 e. The zero-order valence-corrected chi connectivity index (χ0v) is 19.8. The number of hydrogen-bond acceptors (Lipinski definition) is 5. The highest BCUT2D eigenvalue weighted by molar-refractivity contribution is 6.51. The molecule has 3 aromatic rings. The van der Waals surface area contributed by atoms with E-state index in [0.29, 0.717) is 22.6 Å². The van der Waals surface area contributed by atoms with E-state index >= 15 is 0 Å². The summed E-state index contributed by atoms with van der Waals surface area (Å²) in [6.07, 6.45) is 0. The van der Waals surface area contributed by atoms with Crippen molar-refractivity contribution in [1.29, 1.82) is 0 Å². The van der Waals surface area contributed by atoms with Crippen LogP contribution in [0.15, 0.2) is 66.2 Å². The minimum atomic E-state index is -0.951. The molecule has 0 bridgehead atoms. The van der Waals surface area contributed by atoms with E-state index in [1.807, 2.05) is 19.9 Å². The molecule has 7 heteroatoms. The topological polar surface area (TPSA) is 83.9 Å². The second kappa shape index (κ2) is 9.18. The summed E-state index contributed by atoms with van der Waals surface area (Å²) in [7, 11) is 0. The smallest absolute Gasteiger partial charge is 0.308 e. The van der Waals surface area contributed by atoms with Crippen LogP contribution in [0.3, 0.4) is 0 Å². The molecule has 0 spiro atoms. The van der Waals surface area contributed by atoms with Gasteiger partial charge >= 0.3 is 5.97 Å². The molecule has 3 aromatic carbocycles. The molecule has 178 valence electrons. The molecule has 0 aliphatic carbocycles. The van der Waals surface area contributed by atoms with Crippen molar-refractivity contribution in [3.63, 3.8) is 0 Å². The highest BCUT2D eigenvalue weighted by atomic mass is 19.1. The van der Waals surface area contributed by atoms with Crippen molar-refractivity contribution in [3.8, 4) is 5.75 Å². The molecule has 4 rings (SSSR count). The number of halogens is 1. The summed E-state index contributed by atoms with van der Waals surface area (Å²) in [5, 5.41) is 11.2. The van der Waals surface area contributed by atoms with E-state index in [9.17, 15) is 23.9 Å². The van der Waals surface area contributed by atoms with Gasteiger partial charge in [0, 0.05) is 18.2 Å². The average molecular weight is 474 g/mol. The van der Waals surface area contributed by atoms with Crippen LogP contribution in [-0.4, -0.2) is 22.8 Å². The van der Waals surface area contributed by atoms with Crippen molar-refractivity contribution in [1.82, 2.24) is 0 Å². The van der Waals surface area contributed by atoms with Crippen molar-refractivity contribution < 1.29 is 28.6 Å². The minimum absolute atomic E-state index is 0.111. The number of nitrogens with zero attached hydrogens (tertiary/aromatic N) is 1. The molecule has 1 fully saturated rings. The summed E-state index contributed by atoms with van der Waals surface area (Å²) < 4.78 is 18.9. The maximum atomic E-state index is 13.8. The first-order chi connectivity index (χ1) is 16.6. The monoisotopic (exact) mass is 473 g/mol. The normalized spacial score (nSPS) is 17.1. The van der Waals surface area contributed by atoms with Gasteiger partial charge in [0.05, 0.1) is 11.6 Å². The SMILES string of the molecule is CC(=O)Oc1ccc(C2/C(=C(/O)c3ccc(F)c(C)c3)C(=O)C(=O)N2c2cc(C)cc(C)c2)cc1. The first kappa shape index (κ1) is 23.9. The summed E-state index contributed by atoms with van der Waals surface area (Å²) in [5.41, 5.74) is 3.25. The van der Waals surface area contributed by atoms with Gasteiger partial charge in [-0.1, -0.05) is 18.2 Å². The number of carbonyl (C=O) groups is 3. The van der Waals surface area contributed by atoms with Crippen molar-refractivity contribution in [3.05, 3.63) is 99.9 Å². The Hall–Kier alpha value is -4.26. The number of aliphatic hydroxyl groups is 1. The second-order valence-electron chi connectivity index (χ2n) is 8.64. The summed E-state index contributed by atoms with van der Waals surface area (Å²) in [6.45, 7) is 6.60. The van der Waals surface area contributed by atoms with Gasteiger partial charge in [0.1, 0.15) is 17.3 Å². The molecular weight excluding hydrogens is 449 g/mol. The predicted molar refractivity (Wildman–Crippen MR) is 130 cm³/mol. The molecule has 0 saturated carbocycles. The summed E-state index contributed by atoms with van der Waals surface area (Å²) in [5.74, 6) is -2.66. The van der Waals surface area contributed by atoms with E-state index in [-0.39, 0.29) is 11.1 Å². The maximum absolute atomic E-state index is 13.8. The number of amides is 1. The van der Waals surface area contributed by atoms with Crippen LogP contribution >= 0.6 is 0 Å². The van der Waals surface area contributed by atoms with Crippen LogP contribution in [0.5, 0.6) is 5.75 Å². The Kier molecular flexibility index (Phi) is 6.26. The predicted octanol–water partition coefficient (Wildman–Crippen LogP) is 5.30. The number of esters is 1.